The zero-order valence-corrected chi connectivity index (χ0v) is 5.09. The van der Waals surface area contributed by atoms with E-state index >= 15 is 0 Å². The largest absolute Gasteiger partial charge is 0.299 e. The Hall–Kier alpha value is 0.455. The Morgan fingerprint density at radius 2 is 2.50 bits per heavy atom. The highest BCUT2D eigenvalue weighted by molar-refractivity contribution is 7.13. The Bertz CT molecular complexity index is 30.0. The van der Waals surface area contributed by atoms with Gasteiger partial charge in [0.05, 0.1) is 7.85 Å². The summed E-state index contributed by atoms with van der Waals surface area (Å²) in [7, 11) is 7.62. The molecule has 34 valence electrons. The van der Waals surface area contributed by atoms with Crippen LogP contribution in [0.15, 0.2) is 0 Å². The van der Waals surface area contributed by atoms with Gasteiger partial charge in [-0.25, -0.2) is 0 Å². The fourth-order valence-corrected chi connectivity index (χ4v) is 0.204. The minimum Gasteiger partial charge on any atom is -0.299 e. The monoisotopic (exact) mass is 101 g/mol. The van der Waals surface area contributed by atoms with E-state index in [0.717, 1.165) is 0 Å². The van der Waals surface area contributed by atoms with Crippen molar-refractivity contribution in [3.8, 4) is 0 Å². The highest BCUT2D eigenvalue weighted by Crippen LogP contribution is 1.86. The smallest absolute Gasteiger partial charge is 0.0674 e. The molecule has 0 bridgehead atoms. The molecule has 3 heteroatoms. The molecule has 0 heterocycles. The molecule has 1 unspecified atom stereocenters. The van der Waals surface area contributed by atoms with Gasteiger partial charge in [-0.15, -0.1) is 0 Å². The molecule has 0 aliphatic heterocycles. The summed E-state index contributed by atoms with van der Waals surface area (Å²) in [4.78, 5) is 0. The molecule has 0 spiro atoms. The van der Waals surface area contributed by atoms with Gasteiger partial charge in [-0.1, -0.05) is 22.6 Å². The van der Waals surface area contributed by atoms with E-state index in [1.165, 1.54) is 0 Å². The zero-order valence-electron chi connectivity index (χ0n) is 3.94. The molecule has 2 atom stereocenters. The Morgan fingerprint density at radius 1 is 2.00 bits per heavy atom. The van der Waals surface area contributed by atoms with E-state index in [4.69, 9.17) is 7.85 Å². The topological polar surface area (TPSA) is 12.0 Å². The molecule has 0 aromatic carbocycles. The van der Waals surface area contributed by atoms with Crippen molar-refractivity contribution < 1.29 is 0 Å². The predicted octanol–water partition coefficient (Wildman–Crippen LogP) is 0.341. The summed E-state index contributed by atoms with van der Waals surface area (Å²) < 4.78 is 0. The standard InChI is InChI=1S/C3H9BNP/c1-3(2-4)5-6/h3,5H,2,6H2,1H3/t3-/m1/s1. The van der Waals surface area contributed by atoms with E-state index in [0.29, 0.717) is 12.4 Å². The Morgan fingerprint density at radius 3 is 2.50 bits per heavy atom. The van der Waals surface area contributed by atoms with Gasteiger partial charge in [-0.2, -0.15) is 0 Å². The first-order valence-electron chi connectivity index (χ1n) is 1.97. The molecule has 6 heavy (non-hydrogen) atoms. The molecule has 0 saturated carbocycles. The molecule has 0 aromatic rings. The summed E-state index contributed by atoms with van der Waals surface area (Å²) in [6.45, 7) is 2.02. The molecule has 0 aliphatic rings. The molecule has 0 aliphatic carbocycles. The molecule has 1 N–H and O–H groups in total. The van der Waals surface area contributed by atoms with Crippen LogP contribution >= 0.6 is 9.39 Å². The van der Waals surface area contributed by atoms with Gasteiger partial charge in [0.25, 0.3) is 0 Å². The van der Waals surface area contributed by atoms with Crippen molar-refractivity contribution in [2.45, 2.75) is 19.3 Å². The lowest BCUT2D eigenvalue weighted by Gasteiger charge is -2.02. The van der Waals surface area contributed by atoms with E-state index in [9.17, 15) is 0 Å². The van der Waals surface area contributed by atoms with Gasteiger partial charge >= 0.3 is 0 Å². The summed E-state index contributed by atoms with van der Waals surface area (Å²) in [5.41, 5.74) is 0. The van der Waals surface area contributed by atoms with Gasteiger partial charge in [0.15, 0.2) is 0 Å². The molecule has 0 saturated heterocycles. The van der Waals surface area contributed by atoms with Crippen LogP contribution in [-0.4, -0.2) is 13.9 Å². The molecule has 0 fully saturated rings. The molecular formula is C3H9BNP. The summed E-state index contributed by atoms with van der Waals surface area (Å²) in [5, 5.41) is 2.91. The second-order valence-electron chi connectivity index (χ2n) is 1.30. The summed E-state index contributed by atoms with van der Waals surface area (Å²) in [6, 6.07) is 0.426. The van der Waals surface area contributed by atoms with Crippen LogP contribution in [0.5, 0.6) is 0 Å². The van der Waals surface area contributed by atoms with Gasteiger partial charge in [0, 0.05) is 0 Å². The van der Waals surface area contributed by atoms with Gasteiger partial charge in [-0.05, 0) is 6.04 Å². The Labute approximate surface area is 42.6 Å². The van der Waals surface area contributed by atoms with Gasteiger partial charge in [0.2, 0.25) is 0 Å². The SMILES string of the molecule is [B]C[C@@H](C)NP. The second-order valence-corrected chi connectivity index (χ2v) is 1.64. The molecule has 1 nitrogen and oxygen atoms in total. The normalized spacial score (nSPS) is 14.3. The zero-order chi connectivity index (χ0) is 4.99. The van der Waals surface area contributed by atoms with Crippen LogP contribution in [0.25, 0.3) is 0 Å². The van der Waals surface area contributed by atoms with Gasteiger partial charge in [0.1, 0.15) is 0 Å². The molecule has 0 rings (SSSR count). The highest BCUT2D eigenvalue weighted by Gasteiger charge is 1.86. The number of hydrogen-bond donors (Lipinski definition) is 1. The average Bonchev–Trinajstić information content (AvgIpc) is 1.65. The van der Waals surface area contributed by atoms with Crippen molar-refractivity contribution in [1.29, 1.82) is 0 Å². The summed E-state index contributed by atoms with van der Waals surface area (Å²) >= 11 is 0. The van der Waals surface area contributed by atoms with E-state index in [1.807, 2.05) is 6.92 Å². The van der Waals surface area contributed by atoms with Crippen LogP contribution in [-0.2, 0) is 0 Å². The first kappa shape index (κ1) is 6.45. The van der Waals surface area contributed by atoms with Crippen molar-refractivity contribution in [1.82, 2.24) is 5.09 Å². The van der Waals surface area contributed by atoms with Crippen LogP contribution in [0.4, 0.5) is 0 Å². The van der Waals surface area contributed by atoms with Crippen molar-refractivity contribution in [3.63, 3.8) is 0 Å². The number of rotatable bonds is 2. The van der Waals surface area contributed by atoms with Gasteiger partial charge < -0.3 is 0 Å². The van der Waals surface area contributed by atoms with Crippen LogP contribution in [0.1, 0.15) is 6.92 Å². The van der Waals surface area contributed by atoms with E-state index in [2.05, 4.69) is 14.5 Å². The van der Waals surface area contributed by atoms with Crippen molar-refractivity contribution in [2.75, 3.05) is 0 Å². The third kappa shape index (κ3) is 2.68. The summed E-state index contributed by atoms with van der Waals surface area (Å²) in [5.74, 6) is 0. The third-order valence-corrected chi connectivity index (χ3v) is 1.21. The molecule has 0 aromatic heterocycles. The Kier molecular flexibility index (Phi) is 3.91. The van der Waals surface area contributed by atoms with Crippen LogP contribution in [0.3, 0.4) is 0 Å². The highest BCUT2D eigenvalue weighted by atomic mass is 31.0. The van der Waals surface area contributed by atoms with Crippen molar-refractivity contribution in [3.05, 3.63) is 0 Å². The lowest BCUT2D eigenvalue weighted by molar-refractivity contribution is 0.770. The first-order chi connectivity index (χ1) is 2.81. The minimum atomic E-state index is 0.426. The maximum Gasteiger partial charge on any atom is 0.0674 e. The number of hydrogen-bond acceptors (Lipinski definition) is 1. The Balaban J connectivity index is 2.75. The molecule has 0 amide bonds. The van der Waals surface area contributed by atoms with Crippen LogP contribution in [0, 0.1) is 0 Å². The second kappa shape index (κ2) is 3.64. The first-order valence-corrected chi connectivity index (χ1v) is 2.55. The maximum atomic E-state index is 5.21. The molecular weight excluding hydrogens is 91.8 g/mol. The average molecular weight is 101 g/mol. The predicted molar refractivity (Wildman–Crippen MR) is 32.9 cm³/mol. The molecule has 2 radical (unpaired) electrons. The summed E-state index contributed by atoms with van der Waals surface area (Å²) in [6.07, 6.45) is 0.698. The maximum absolute atomic E-state index is 5.21. The third-order valence-electron chi connectivity index (χ3n) is 0.638. The van der Waals surface area contributed by atoms with Crippen molar-refractivity contribution >= 4 is 17.2 Å². The van der Waals surface area contributed by atoms with Crippen molar-refractivity contribution in [2.24, 2.45) is 0 Å². The fourth-order valence-electron chi connectivity index (χ4n) is 0.0680. The van der Waals surface area contributed by atoms with Crippen LogP contribution in [0.2, 0.25) is 6.32 Å². The van der Waals surface area contributed by atoms with Gasteiger partial charge in [-0.3, -0.25) is 5.09 Å². The van der Waals surface area contributed by atoms with E-state index < -0.39 is 0 Å². The lowest BCUT2D eigenvalue weighted by atomic mass is 10.00. The lowest BCUT2D eigenvalue weighted by Crippen LogP contribution is -2.13. The fraction of sp³-hybridized carbons (Fsp3) is 1.00. The van der Waals surface area contributed by atoms with Crippen LogP contribution < -0.4 is 5.09 Å². The van der Waals surface area contributed by atoms with E-state index in [1.54, 1.807) is 0 Å². The van der Waals surface area contributed by atoms with E-state index in [-0.39, 0.29) is 0 Å². The number of nitrogens with one attached hydrogen (secondary N) is 1. The minimum absolute atomic E-state index is 0.426. The quantitative estimate of drug-likeness (QED) is 0.390.